The molecule has 2 nitrogen and oxygen atoms in total. The lowest BCUT2D eigenvalue weighted by Gasteiger charge is -2.22. The predicted molar refractivity (Wildman–Crippen MR) is 107 cm³/mol. The molecule has 1 heterocycles. The van der Waals surface area contributed by atoms with Gasteiger partial charge in [-0.3, -0.25) is 0 Å². The van der Waals surface area contributed by atoms with Crippen LogP contribution in [0.2, 0.25) is 0 Å². The number of unbranched alkanes of at least 4 members (excludes halogenated alkanes) is 2. The summed E-state index contributed by atoms with van der Waals surface area (Å²) in [6, 6.07) is 9.30. The van der Waals surface area contributed by atoms with E-state index in [-0.39, 0.29) is 5.41 Å². The highest BCUT2D eigenvalue weighted by molar-refractivity contribution is 7.99. The first-order valence-corrected chi connectivity index (χ1v) is 10.2. The van der Waals surface area contributed by atoms with Crippen LogP contribution in [0.25, 0.3) is 0 Å². The molecule has 0 radical (unpaired) electrons. The Balaban J connectivity index is 2.02. The molecule has 1 aromatic carbocycles. The molecule has 0 saturated heterocycles. The molecule has 24 heavy (non-hydrogen) atoms. The summed E-state index contributed by atoms with van der Waals surface area (Å²) < 4.78 is 2.18. The van der Waals surface area contributed by atoms with Crippen molar-refractivity contribution in [2.75, 3.05) is 5.75 Å². The number of hydrogen-bond donors (Lipinski definition) is 0. The molecule has 0 saturated carbocycles. The molecular weight excluding hydrogens is 312 g/mol. The van der Waals surface area contributed by atoms with Crippen molar-refractivity contribution in [1.82, 2.24) is 9.55 Å². The van der Waals surface area contributed by atoms with Crippen molar-refractivity contribution in [2.45, 2.75) is 70.6 Å². The van der Waals surface area contributed by atoms with Crippen LogP contribution in [0.4, 0.5) is 0 Å². The van der Waals surface area contributed by atoms with E-state index in [1.807, 2.05) is 12.5 Å². The fraction of sp³-hybridized carbons (Fsp3) is 0.571. The third-order valence-electron chi connectivity index (χ3n) is 4.42. The van der Waals surface area contributed by atoms with E-state index in [2.05, 4.69) is 79.5 Å². The molecule has 132 valence electrons. The number of rotatable bonds is 9. The van der Waals surface area contributed by atoms with Crippen LogP contribution in [0.1, 0.15) is 69.8 Å². The van der Waals surface area contributed by atoms with Crippen LogP contribution >= 0.6 is 11.8 Å². The van der Waals surface area contributed by atoms with Gasteiger partial charge in [0, 0.05) is 24.2 Å². The van der Waals surface area contributed by atoms with Crippen LogP contribution in [-0.4, -0.2) is 15.3 Å². The topological polar surface area (TPSA) is 17.8 Å². The fourth-order valence-corrected chi connectivity index (χ4v) is 4.08. The number of nitrogens with zero attached hydrogens (tertiary/aromatic N) is 2. The lowest BCUT2D eigenvalue weighted by Crippen LogP contribution is -2.11. The van der Waals surface area contributed by atoms with E-state index in [0.717, 1.165) is 13.0 Å². The maximum Gasteiger partial charge on any atom is 0.0945 e. The summed E-state index contributed by atoms with van der Waals surface area (Å²) in [7, 11) is 0. The average molecular weight is 345 g/mol. The number of thioether (sulfide) groups is 1. The first kappa shape index (κ1) is 19.1. The molecule has 0 aliphatic rings. The van der Waals surface area contributed by atoms with Crippen LogP contribution in [0.3, 0.4) is 0 Å². The molecule has 0 N–H and O–H groups in total. The minimum atomic E-state index is 0.221. The summed E-state index contributed by atoms with van der Waals surface area (Å²) >= 11 is 2.12. The van der Waals surface area contributed by atoms with Crippen LogP contribution in [0, 0.1) is 0 Å². The molecule has 1 aromatic heterocycles. The Labute approximate surface area is 152 Å². The lowest BCUT2D eigenvalue weighted by atomic mass is 9.86. The van der Waals surface area contributed by atoms with Crippen molar-refractivity contribution in [1.29, 1.82) is 0 Å². The molecule has 3 heteroatoms. The van der Waals surface area contributed by atoms with Crippen molar-refractivity contribution < 1.29 is 0 Å². The van der Waals surface area contributed by atoms with E-state index < -0.39 is 0 Å². The average Bonchev–Trinajstić information content (AvgIpc) is 3.07. The quantitative estimate of drug-likeness (QED) is 0.501. The Morgan fingerprint density at radius 1 is 1.12 bits per heavy atom. The van der Waals surface area contributed by atoms with Gasteiger partial charge in [0.15, 0.2) is 0 Å². The maximum absolute atomic E-state index is 4.15. The summed E-state index contributed by atoms with van der Waals surface area (Å²) in [6.07, 6.45) is 10.9. The molecule has 1 unspecified atom stereocenters. The summed E-state index contributed by atoms with van der Waals surface area (Å²) in [5.74, 6) is 1.25. The second-order valence-electron chi connectivity index (χ2n) is 7.53. The number of aromatic nitrogens is 2. The second kappa shape index (κ2) is 9.31. The van der Waals surface area contributed by atoms with Gasteiger partial charge in [-0.1, -0.05) is 64.8 Å². The Hall–Kier alpha value is -1.22. The van der Waals surface area contributed by atoms with Crippen molar-refractivity contribution in [2.24, 2.45) is 0 Å². The van der Waals surface area contributed by atoms with Crippen LogP contribution in [-0.2, 0) is 12.0 Å². The summed E-state index contributed by atoms with van der Waals surface area (Å²) in [5, 5.41) is 0.568. The molecule has 1 atom stereocenters. The molecular formula is C21H32N2S. The minimum Gasteiger partial charge on any atom is -0.337 e. The standard InChI is InChI=1S/C21H32N2S/c1-5-6-7-16-24-20(12-14-23-15-13-22-17-23)18-8-10-19(11-9-18)21(2,3)4/h8-11,13,15,17,20H,5-7,12,14,16H2,1-4H3. The van der Waals surface area contributed by atoms with Crippen LogP contribution < -0.4 is 0 Å². The fourth-order valence-electron chi connectivity index (χ4n) is 2.81. The molecule has 2 rings (SSSR count). The molecule has 0 aliphatic carbocycles. The van der Waals surface area contributed by atoms with Crippen molar-refractivity contribution >= 4 is 11.8 Å². The molecule has 0 spiro atoms. The number of imidazole rings is 1. The van der Waals surface area contributed by atoms with E-state index in [0.29, 0.717) is 5.25 Å². The predicted octanol–water partition coefficient (Wildman–Crippen LogP) is 6.24. The highest BCUT2D eigenvalue weighted by atomic mass is 32.2. The second-order valence-corrected chi connectivity index (χ2v) is 8.84. The van der Waals surface area contributed by atoms with Gasteiger partial charge in [0.1, 0.15) is 0 Å². The Bertz CT molecular complexity index is 567. The van der Waals surface area contributed by atoms with Gasteiger partial charge in [-0.05, 0) is 35.1 Å². The molecule has 2 aromatic rings. The monoisotopic (exact) mass is 344 g/mol. The van der Waals surface area contributed by atoms with Crippen LogP contribution in [0.15, 0.2) is 43.0 Å². The normalized spacial score (nSPS) is 13.2. The molecule has 0 bridgehead atoms. The summed E-state index contributed by atoms with van der Waals surface area (Å²) in [6.45, 7) is 10.1. The van der Waals surface area contributed by atoms with E-state index in [1.54, 1.807) is 0 Å². The zero-order chi connectivity index (χ0) is 17.4. The van der Waals surface area contributed by atoms with Gasteiger partial charge in [-0.25, -0.2) is 4.98 Å². The third-order valence-corrected chi connectivity index (χ3v) is 5.86. The van der Waals surface area contributed by atoms with E-state index in [9.17, 15) is 0 Å². The third kappa shape index (κ3) is 6.01. The van der Waals surface area contributed by atoms with Gasteiger partial charge >= 0.3 is 0 Å². The Morgan fingerprint density at radius 3 is 2.46 bits per heavy atom. The smallest absolute Gasteiger partial charge is 0.0945 e. The first-order valence-electron chi connectivity index (χ1n) is 9.18. The zero-order valence-corrected chi connectivity index (χ0v) is 16.5. The van der Waals surface area contributed by atoms with Gasteiger partial charge in [-0.2, -0.15) is 11.8 Å². The maximum atomic E-state index is 4.15. The number of benzene rings is 1. The minimum absolute atomic E-state index is 0.221. The van der Waals surface area contributed by atoms with Gasteiger partial charge < -0.3 is 4.57 Å². The van der Waals surface area contributed by atoms with E-state index >= 15 is 0 Å². The van der Waals surface area contributed by atoms with Crippen molar-refractivity contribution in [3.63, 3.8) is 0 Å². The lowest BCUT2D eigenvalue weighted by molar-refractivity contribution is 0.589. The van der Waals surface area contributed by atoms with Crippen molar-refractivity contribution in [3.05, 3.63) is 54.1 Å². The Morgan fingerprint density at radius 2 is 1.88 bits per heavy atom. The Kier molecular flexibility index (Phi) is 7.41. The van der Waals surface area contributed by atoms with Gasteiger partial charge in [0.2, 0.25) is 0 Å². The van der Waals surface area contributed by atoms with Gasteiger partial charge in [-0.15, -0.1) is 0 Å². The van der Waals surface area contributed by atoms with Crippen LogP contribution in [0.5, 0.6) is 0 Å². The first-order chi connectivity index (χ1) is 11.5. The molecule has 0 aliphatic heterocycles. The molecule has 0 fully saturated rings. The van der Waals surface area contributed by atoms with Gasteiger partial charge in [0.25, 0.3) is 0 Å². The zero-order valence-electron chi connectivity index (χ0n) is 15.7. The van der Waals surface area contributed by atoms with E-state index in [4.69, 9.17) is 0 Å². The molecule has 0 amide bonds. The highest BCUT2D eigenvalue weighted by Crippen LogP contribution is 2.34. The summed E-state index contributed by atoms with van der Waals surface area (Å²) in [4.78, 5) is 4.15. The highest BCUT2D eigenvalue weighted by Gasteiger charge is 2.16. The number of aryl methyl sites for hydroxylation is 1. The number of hydrogen-bond acceptors (Lipinski definition) is 2. The van der Waals surface area contributed by atoms with E-state index in [1.165, 1.54) is 36.1 Å². The van der Waals surface area contributed by atoms with Gasteiger partial charge in [0.05, 0.1) is 6.33 Å². The summed E-state index contributed by atoms with van der Waals surface area (Å²) in [5.41, 5.74) is 3.10. The van der Waals surface area contributed by atoms with Crippen molar-refractivity contribution in [3.8, 4) is 0 Å². The SMILES string of the molecule is CCCCCSC(CCn1ccnc1)c1ccc(C(C)(C)C)cc1. The largest absolute Gasteiger partial charge is 0.337 e.